The molecular formula is C28H33N6O2+. The Morgan fingerprint density at radius 1 is 1.22 bits per heavy atom. The van der Waals surface area contributed by atoms with E-state index in [0.29, 0.717) is 17.4 Å². The van der Waals surface area contributed by atoms with Gasteiger partial charge >= 0.3 is 5.91 Å². The molecule has 1 aromatic carbocycles. The molecule has 1 amide bonds. The maximum atomic E-state index is 12.9. The summed E-state index contributed by atoms with van der Waals surface area (Å²) in [5.74, 6) is 2.30. The first kappa shape index (κ1) is 25.1. The molecule has 1 saturated carbocycles. The van der Waals surface area contributed by atoms with Crippen molar-refractivity contribution in [3.63, 3.8) is 0 Å². The number of hydrogen-bond donors (Lipinski definition) is 1. The van der Waals surface area contributed by atoms with Gasteiger partial charge in [-0.2, -0.15) is 10.4 Å². The molecule has 1 N–H and O–H groups in total. The molecule has 1 aliphatic carbocycles. The number of ether oxygens (including phenoxy) is 1. The average molecular weight is 486 g/mol. The number of carbonyl (C=O) groups is 1. The molecule has 8 heteroatoms. The van der Waals surface area contributed by atoms with Crippen LogP contribution < -0.4 is 10.1 Å². The number of carbonyl (C=O) groups excluding carboxylic acids is 1. The molecule has 2 aromatic heterocycles. The lowest BCUT2D eigenvalue weighted by atomic mass is 10.1. The number of benzene rings is 1. The number of pyridine rings is 1. The summed E-state index contributed by atoms with van der Waals surface area (Å²) in [5.41, 5.74) is 4.51. The molecule has 0 bridgehead atoms. The molecule has 3 aromatic rings. The van der Waals surface area contributed by atoms with E-state index in [1.165, 1.54) is 5.71 Å². The summed E-state index contributed by atoms with van der Waals surface area (Å²) < 4.78 is 9.35. The number of nitriles is 1. The van der Waals surface area contributed by atoms with Crippen molar-refractivity contribution in [2.45, 2.75) is 39.5 Å². The quantitative estimate of drug-likeness (QED) is 0.323. The van der Waals surface area contributed by atoms with E-state index < -0.39 is 0 Å². The summed E-state index contributed by atoms with van der Waals surface area (Å²) in [6.07, 6.45) is 9.44. The fourth-order valence-electron chi connectivity index (χ4n) is 4.94. The molecule has 2 atom stereocenters. The first-order valence-electron chi connectivity index (χ1n) is 12.4. The number of nitrogens with zero attached hydrogens (tertiary/aromatic N) is 5. The zero-order chi connectivity index (χ0) is 25.7. The lowest BCUT2D eigenvalue weighted by molar-refractivity contribution is -0.364. The van der Waals surface area contributed by atoms with Crippen LogP contribution in [-0.4, -0.2) is 44.6 Å². The van der Waals surface area contributed by atoms with Crippen molar-refractivity contribution in [1.29, 1.82) is 5.26 Å². The smallest absolute Gasteiger partial charge is 0.389 e. The molecular weight excluding hydrogens is 452 g/mol. The Bertz CT molecular complexity index is 1300. The highest BCUT2D eigenvalue weighted by molar-refractivity contribution is 6.03. The summed E-state index contributed by atoms with van der Waals surface area (Å²) in [7, 11) is 3.54. The van der Waals surface area contributed by atoms with Gasteiger partial charge in [-0.15, -0.1) is 4.58 Å². The van der Waals surface area contributed by atoms with E-state index in [4.69, 9.17) is 10.00 Å². The molecule has 8 nitrogen and oxygen atoms in total. The number of hydrogen-bond acceptors (Lipinski definition) is 6. The van der Waals surface area contributed by atoms with Crippen LogP contribution in [-0.2, 0) is 11.8 Å². The number of anilines is 1. The van der Waals surface area contributed by atoms with Crippen molar-refractivity contribution >= 4 is 23.1 Å². The highest BCUT2D eigenvalue weighted by Gasteiger charge is 2.54. The molecule has 0 spiro atoms. The van der Waals surface area contributed by atoms with Gasteiger partial charge in [0.2, 0.25) is 5.69 Å². The van der Waals surface area contributed by atoms with Crippen molar-refractivity contribution in [2.75, 3.05) is 19.0 Å². The highest BCUT2D eigenvalue weighted by atomic mass is 16.5. The Morgan fingerprint density at radius 2 is 2.03 bits per heavy atom. The summed E-state index contributed by atoms with van der Waals surface area (Å²) >= 11 is 0. The van der Waals surface area contributed by atoms with Crippen LogP contribution in [0.25, 0.3) is 11.1 Å². The van der Waals surface area contributed by atoms with Gasteiger partial charge in [-0.25, -0.2) is 9.78 Å². The number of amides is 1. The normalized spacial score (nSPS) is 17.9. The summed E-state index contributed by atoms with van der Waals surface area (Å²) in [5, 5.41) is 16.5. The molecule has 36 heavy (non-hydrogen) atoms. The van der Waals surface area contributed by atoms with E-state index in [-0.39, 0.29) is 5.91 Å². The number of aromatic nitrogens is 3. The van der Waals surface area contributed by atoms with Crippen molar-refractivity contribution in [3.8, 4) is 22.9 Å². The van der Waals surface area contributed by atoms with Crippen molar-refractivity contribution < 1.29 is 14.1 Å². The maximum absolute atomic E-state index is 12.9. The Labute approximate surface area is 212 Å². The van der Waals surface area contributed by atoms with E-state index in [2.05, 4.69) is 28.4 Å². The van der Waals surface area contributed by atoms with E-state index >= 15 is 0 Å². The zero-order valence-electron chi connectivity index (χ0n) is 21.4. The van der Waals surface area contributed by atoms with Crippen LogP contribution in [0, 0.1) is 23.2 Å². The SMILES string of the molecule is CCCC1C(=[N+](C(C)=O)c2ccc(-c3cnn(C)c3)c(OC)c2)C1CCCNc1ccc(C#N)cn1. The zero-order valence-corrected chi connectivity index (χ0v) is 21.4. The lowest BCUT2D eigenvalue weighted by Crippen LogP contribution is -2.16. The molecule has 2 unspecified atom stereocenters. The second-order valence-corrected chi connectivity index (χ2v) is 9.18. The lowest BCUT2D eigenvalue weighted by Gasteiger charge is -2.08. The third-order valence-corrected chi connectivity index (χ3v) is 6.66. The Kier molecular flexibility index (Phi) is 7.79. The van der Waals surface area contributed by atoms with Gasteiger partial charge in [0.25, 0.3) is 0 Å². The molecule has 1 fully saturated rings. The minimum Gasteiger partial charge on any atom is -0.496 e. The van der Waals surface area contributed by atoms with Gasteiger partial charge < -0.3 is 10.1 Å². The molecule has 4 rings (SSSR count). The van der Waals surface area contributed by atoms with Crippen LogP contribution in [0.15, 0.2) is 48.9 Å². The maximum Gasteiger partial charge on any atom is 0.389 e. The number of methoxy groups -OCH3 is 1. The van der Waals surface area contributed by atoms with Gasteiger partial charge in [0.05, 0.1) is 43.7 Å². The van der Waals surface area contributed by atoms with Crippen LogP contribution in [0.5, 0.6) is 5.75 Å². The van der Waals surface area contributed by atoms with Crippen LogP contribution >= 0.6 is 0 Å². The minimum atomic E-state index is 0.0182. The summed E-state index contributed by atoms with van der Waals surface area (Å²) in [6.45, 7) is 4.61. The van der Waals surface area contributed by atoms with Gasteiger partial charge in [-0.05, 0) is 37.5 Å². The second kappa shape index (κ2) is 11.2. The first-order valence-corrected chi connectivity index (χ1v) is 12.4. The van der Waals surface area contributed by atoms with Crippen molar-refractivity contribution in [2.24, 2.45) is 18.9 Å². The van der Waals surface area contributed by atoms with Crippen LogP contribution in [0.3, 0.4) is 0 Å². The molecule has 186 valence electrons. The third-order valence-electron chi connectivity index (χ3n) is 6.66. The molecule has 1 aliphatic rings. The minimum absolute atomic E-state index is 0.0182. The van der Waals surface area contributed by atoms with E-state index in [0.717, 1.165) is 60.6 Å². The van der Waals surface area contributed by atoms with Gasteiger partial charge in [0, 0.05) is 43.2 Å². The number of aryl methyl sites for hydroxylation is 1. The third kappa shape index (κ3) is 5.46. The molecule has 0 radical (unpaired) electrons. The molecule has 2 heterocycles. The average Bonchev–Trinajstić information content (AvgIpc) is 3.34. The first-order chi connectivity index (χ1) is 17.5. The second-order valence-electron chi connectivity index (χ2n) is 9.18. The number of nitrogens with one attached hydrogen (secondary N) is 1. The largest absolute Gasteiger partial charge is 0.496 e. The predicted molar refractivity (Wildman–Crippen MR) is 139 cm³/mol. The number of rotatable bonds is 10. The highest BCUT2D eigenvalue weighted by Crippen LogP contribution is 2.44. The van der Waals surface area contributed by atoms with Gasteiger partial charge in [-0.1, -0.05) is 13.3 Å². The topological polar surface area (TPSA) is 95.8 Å². The fourth-order valence-corrected chi connectivity index (χ4v) is 4.94. The predicted octanol–water partition coefficient (Wildman–Crippen LogP) is 4.93. The Hall–Kier alpha value is -3.99. The van der Waals surface area contributed by atoms with Crippen LogP contribution in [0.2, 0.25) is 0 Å². The standard InChI is InChI=1S/C28H33N6O2/c1-5-7-24-25(8-6-13-30-27-12-9-20(15-29)16-31-27)28(24)34(19(2)35)22-10-11-23(26(14-22)36-4)21-17-32-33(3)18-21/h9-12,14,16-18,24-25H,5-8,13H2,1-4H3,(H,30,31)/q+1. The molecule has 0 aliphatic heterocycles. The van der Waals surface area contributed by atoms with Gasteiger partial charge in [0.15, 0.2) is 5.71 Å². The summed E-state index contributed by atoms with van der Waals surface area (Å²) in [6, 6.07) is 11.6. The van der Waals surface area contributed by atoms with E-state index in [9.17, 15) is 4.79 Å². The van der Waals surface area contributed by atoms with Gasteiger partial charge in [0.1, 0.15) is 17.6 Å². The molecule has 0 saturated heterocycles. The van der Waals surface area contributed by atoms with Crippen molar-refractivity contribution in [3.05, 3.63) is 54.5 Å². The van der Waals surface area contributed by atoms with E-state index in [1.54, 1.807) is 31.0 Å². The van der Waals surface area contributed by atoms with Gasteiger partial charge in [-0.3, -0.25) is 4.68 Å². The van der Waals surface area contributed by atoms with Crippen molar-refractivity contribution in [1.82, 2.24) is 14.8 Å². The fraction of sp³-hybridized carbons (Fsp3) is 0.393. The summed E-state index contributed by atoms with van der Waals surface area (Å²) in [4.78, 5) is 17.1. The monoisotopic (exact) mass is 485 g/mol. The van der Waals surface area contributed by atoms with Crippen LogP contribution in [0.4, 0.5) is 11.5 Å². The van der Waals surface area contributed by atoms with Crippen LogP contribution in [0.1, 0.15) is 45.1 Å². The Morgan fingerprint density at radius 3 is 2.64 bits per heavy atom. The van der Waals surface area contributed by atoms with E-state index in [1.807, 2.05) is 48.3 Å². The Balaban J connectivity index is 1.52.